The number of nitrogens with zero attached hydrogens (tertiary/aromatic N) is 1. The number of hydrogen-bond acceptors (Lipinski definition) is 6. The number of carbonyl (C=O) groups is 3. The van der Waals surface area contributed by atoms with E-state index in [0.29, 0.717) is 0 Å². The lowest BCUT2D eigenvalue weighted by Gasteiger charge is -2.19. The lowest BCUT2D eigenvalue weighted by Crippen LogP contribution is -2.34. The van der Waals surface area contributed by atoms with Gasteiger partial charge in [0.2, 0.25) is 11.8 Å². The van der Waals surface area contributed by atoms with Gasteiger partial charge in [-0.25, -0.2) is 0 Å². The molecule has 0 aliphatic rings. The minimum absolute atomic E-state index is 0.0448. The third kappa shape index (κ3) is 8.17. The number of esters is 1. The van der Waals surface area contributed by atoms with Crippen LogP contribution in [-0.2, 0) is 25.5 Å². The predicted octanol–water partition coefficient (Wildman–Crippen LogP) is 2.84. The van der Waals surface area contributed by atoms with Crippen molar-refractivity contribution in [2.75, 3.05) is 6.54 Å². The summed E-state index contributed by atoms with van der Waals surface area (Å²) in [6.45, 7) is 3.47. The molecule has 9 heteroatoms. The Hall–Kier alpha value is -3.75. The lowest BCUT2D eigenvalue weighted by atomic mass is 10.0. The van der Waals surface area contributed by atoms with E-state index in [1.54, 1.807) is 19.9 Å². The van der Waals surface area contributed by atoms with Crippen molar-refractivity contribution in [2.24, 2.45) is 0 Å². The molecule has 170 valence electrons. The largest absolute Gasteiger partial charge is 0.463 e. The number of ether oxygens (including phenoxy) is 1. The summed E-state index contributed by atoms with van der Waals surface area (Å²) in [6.07, 6.45) is -0.460. The second-order valence-corrected chi connectivity index (χ2v) is 7.44. The molecule has 0 bridgehead atoms. The van der Waals surface area contributed by atoms with Crippen LogP contribution in [0.15, 0.2) is 54.6 Å². The maximum absolute atomic E-state index is 12.5. The van der Waals surface area contributed by atoms with Crippen molar-refractivity contribution in [3.05, 3.63) is 75.8 Å². The van der Waals surface area contributed by atoms with Crippen molar-refractivity contribution in [1.29, 1.82) is 0 Å². The SMILES string of the molecule is CC(C)OC(=O)CC(NC(=O)CCNC(=O)Cc1ccccc1)c1ccccc1[N+](=O)[O-]. The third-order valence-electron chi connectivity index (χ3n) is 4.46. The molecule has 1 unspecified atom stereocenters. The first kappa shape index (κ1) is 24.5. The highest BCUT2D eigenvalue weighted by molar-refractivity contribution is 5.81. The molecule has 0 aliphatic carbocycles. The first-order chi connectivity index (χ1) is 15.3. The smallest absolute Gasteiger partial charge is 0.308 e. The fourth-order valence-electron chi connectivity index (χ4n) is 3.09. The Morgan fingerprint density at radius 2 is 1.66 bits per heavy atom. The topological polar surface area (TPSA) is 128 Å². The van der Waals surface area contributed by atoms with Gasteiger partial charge in [0.05, 0.1) is 35.5 Å². The molecule has 0 spiro atoms. The minimum Gasteiger partial charge on any atom is -0.463 e. The van der Waals surface area contributed by atoms with E-state index in [2.05, 4.69) is 10.6 Å². The standard InChI is InChI=1S/C23H27N3O6/c1-16(2)32-23(29)15-19(18-10-6-7-11-20(18)26(30)31)25-21(27)12-13-24-22(28)14-17-8-4-3-5-9-17/h3-11,16,19H,12-15H2,1-2H3,(H,24,28)(H,25,27). The van der Waals surface area contributed by atoms with Crippen molar-refractivity contribution in [3.63, 3.8) is 0 Å². The third-order valence-corrected chi connectivity index (χ3v) is 4.46. The van der Waals surface area contributed by atoms with E-state index in [1.807, 2.05) is 30.3 Å². The summed E-state index contributed by atoms with van der Waals surface area (Å²) in [4.78, 5) is 47.5. The number of benzene rings is 2. The number of para-hydroxylation sites is 1. The molecule has 0 saturated heterocycles. The normalized spacial score (nSPS) is 11.5. The van der Waals surface area contributed by atoms with E-state index in [0.717, 1.165) is 5.56 Å². The van der Waals surface area contributed by atoms with Crippen LogP contribution in [0.25, 0.3) is 0 Å². The molecule has 0 aliphatic heterocycles. The monoisotopic (exact) mass is 441 g/mol. The van der Waals surface area contributed by atoms with Crippen LogP contribution in [0.4, 0.5) is 5.69 Å². The van der Waals surface area contributed by atoms with Gasteiger partial charge in [-0.15, -0.1) is 0 Å². The van der Waals surface area contributed by atoms with E-state index >= 15 is 0 Å². The second-order valence-electron chi connectivity index (χ2n) is 7.44. The van der Waals surface area contributed by atoms with Crippen LogP contribution in [-0.4, -0.2) is 35.4 Å². The molecule has 0 heterocycles. The highest BCUT2D eigenvalue weighted by Gasteiger charge is 2.26. The molecular formula is C23H27N3O6. The summed E-state index contributed by atoms with van der Waals surface area (Å²) in [5, 5.41) is 16.7. The molecule has 2 N–H and O–H groups in total. The van der Waals surface area contributed by atoms with Crippen molar-refractivity contribution in [2.45, 2.75) is 45.3 Å². The van der Waals surface area contributed by atoms with Crippen LogP contribution in [0.1, 0.15) is 43.9 Å². The Morgan fingerprint density at radius 3 is 2.31 bits per heavy atom. The molecule has 0 radical (unpaired) electrons. The molecule has 9 nitrogen and oxygen atoms in total. The van der Waals surface area contributed by atoms with Crippen LogP contribution in [0.2, 0.25) is 0 Å². The van der Waals surface area contributed by atoms with E-state index in [4.69, 9.17) is 4.74 Å². The van der Waals surface area contributed by atoms with Gasteiger partial charge in [0.15, 0.2) is 0 Å². The zero-order valence-corrected chi connectivity index (χ0v) is 18.1. The molecule has 2 amide bonds. The van der Waals surface area contributed by atoms with E-state index in [1.165, 1.54) is 18.2 Å². The maximum atomic E-state index is 12.5. The van der Waals surface area contributed by atoms with Crippen molar-refractivity contribution >= 4 is 23.5 Å². The molecule has 0 fully saturated rings. The summed E-state index contributed by atoms with van der Waals surface area (Å²) in [6, 6.07) is 14.2. The molecule has 0 aromatic heterocycles. The van der Waals surface area contributed by atoms with Gasteiger partial charge in [0.1, 0.15) is 0 Å². The van der Waals surface area contributed by atoms with Gasteiger partial charge in [-0.05, 0) is 19.4 Å². The Morgan fingerprint density at radius 1 is 1.00 bits per heavy atom. The fraction of sp³-hybridized carbons (Fsp3) is 0.348. The predicted molar refractivity (Wildman–Crippen MR) is 118 cm³/mol. The second kappa shape index (κ2) is 12.2. The van der Waals surface area contributed by atoms with Gasteiger partial charge in [-0.2, -0.15) is 0 Å². The average Bonchev–Trinajstić information content (AvgIpc) is 2.73. The number of hydrogen-bond donors (Lipinski definition) is 2. The summed E-state index contributed by atoms with van der Waals surface area (Å²) in [5.41, 5.74) is 0.862. The molecule has 2 aromatic carbocycles. The van der Waals surface area contributed by atoms with Gasteiger partial charge in [-0.3, -0.25) is 24.5 Å². The van der Waals surface area contributed by atoms with Crippen LogP contribution < -0.4 is 10.6 Å². The van der Waals surface area contributed by atoms with E-state index in [-0.39, 0.29) is 49.1 Å². The quantitative estimate of drug-likeness (QED) is 0.314. The van der Waals surface area contributed by atoms with Crippen LogP contribution in [0.5, 0.6) is 0 Å². The summed E-state index contributed by atoms with van der Waals surface area (Å²) in [5.74, 6) is -1.26. The Bertz CT molecular complexity index is 946. The molecule has 32 heavy (non-hydrogen) atoms. The van der Waals surface area contributed by atoms with Crippen LogP contribution in [0.3, 0.4) is 0 Å². The maximum Gasteiger partial charge on any atom is 0.308 e. The van der Waals surface area contributed by atoms with Crippen LogP contribution in [0, 0.1) is 10.1 Å². The number of rotatable bonds is 11. The fourth-order valence-corrected chi connectivity index (χ4v) is 3.09. The molecule has 2 rings (SSSR count). The van der Waals surface area contributed by atoms with Gasteiger partial charge in [0, 0.05) is 19.0 Å². The molecular weight excluding hydrogens is 414 g/mol. The summed E-state index contributed by atoms with van der Waals surface area (Å²) in [7, 11) is 0. The number of amides is 2. The van der Waals surface area contributed by atoms with E-state index < -0.39 is 22.8 Å². The highest BCUT2D eigenvalue weighted by Crippen LogP contribution is 2.27. The zero-order chi connectivity index (χ0) is 23.5. The van der Waals surface area contributed by atoms with Gasteiger partial charge < -0.3 is 15.4 Å². The van der Waals surface area contributed by atoms with E-state index in [9.17, 15) is 24.5 Å². The summed E-state index contributed by atoms with van der Waals surface area (Å²) < 4.78 is 5.14. The minimum atomic E-state index is -0.935. The molecule has 0 saturated carbocycles. The highest BCUT2D eigenvalue weighted by atomic mass is 16.6. The Kier molecular flexibility index (Phi) is 9.34. The Labute approximate surface area is 186 Å². The number of carbonyl (C=O) groups excluding carboxylic acids is 3. The number of nitrogens with one attached hydrogen (secondary N) is 2. The first-order valence-electron chi connectivity index (χ1n) is 10.3. The van der Waals surface area contributed by atoms with Gasteiger partial charge in [0.25, 0.3) is 5.69 Å². The van der Waals surface area contributed by atoms with Crippen molar-refractivity contribution in [3.8, 4) is 0 Å². The van der Waals surface area contributed by atoms with Gasteiger partial charge in [-0.1, -0.05) is 48.5 Å². The van der Waals surface area contributed by atoms with Crippen molar-refractivity contribution in [1.82, 2.24) is 10.6 Å². The Balaban J connectivity index is 1.99. The van der Waals surface area contributed by atoms with Gasteiger partial charge >= 0.3 is 5.97 Å². The van der Waals surface area contributed by atoms with Crippen molar-refractivity contribution < 1.29 is 24.0 Å². The summed E-state index contributed by atoms with van der Waals surface area (Å²) >= 11 is 0. The zero-order valence-electron chi connectivity index (χ0n) is 18.1. The first-order valence-corrected chi connectivity index (χ1v) is 10.3. The molecule has 1 atom stereocenters. The van der Waals surface area contributed by atoms with Crippen LogP contribution >= 0.6 is 0 Å². The molecule has 2 aromatic rings. The number of nitro groups is 1. The lowest BCUT2D eigenvalue weighted by molar-refractivity contribution is -0.385. The number of nitro benzene ring substituents is 1. The average molecular weight is 441 g/mol.